The van der Waals surface area contributed by atoms with Crippen molar-refractivity contribution in [2.75, 3.05) is 6.61 Å². The van der Waals surface area contributed by atoms with Gasteiger partial charge in [0, 0.05) is 41.9 Å². The number of amides is 1. The molecule has 2 aliphatic heterocycles. The number of carbonyl (C=O) groups is 1. The summed E-state index contributed by atoms with van der Waals surface area (Å²) < 4.78 is 1.58. The zero-order chi connectivity index (χ0) is 15.9. The molecule has 1 aromatic rings. The number of aliphatic hydroxyl groups excluding tert-OH is 1. The monoisotopic (exact) mass is 304 g/mol. The summed E-state index contributed by atoms with van der Waals surface area (Å²) in [4.78, 5) is 26.8. The fourth-order valence-corrected chi connectivity index (χ4v) is 4.31. The Morgan fingerprint density at radius 2 is 2.18 bits per heavy atom. The van der Waals surface area contributed by atoms with Crippen molar-refractivity contribution >= 4 is 5.91 Å². The lowest BCUT2D eigenvalue weighted by Crippen LogP contribution is -2.42. The largest absolute Gasteiger partial charge is 0.396 e. The quantitative estimate of drug-likeness (QED) is 0.919. The summed E-state index contributed by atoms with van der Waals surface area (Å²) in [6.45, 7) is 4.72. The minimum absolute atomic E-state index is 0.0587. The Bertz CT molecular complexity index is 633. The standard InChI is InChI=1S/C17H24N2O3/c1-3-17(11-20)10-13-5-6-14(17)19(13)16(22)12-7-8-18(4-2)15(21)9-12/h7-9,13-14,20H,3-6,10-11H2,1-2H3/t13-,14+,17-/m1/s1. The summed E-state index contributed by atoms with van der Waals surface area (Å²) in [7, 11) is 0. The summed E-state index contributed by atoms with van der Waals surface area (Å²) in [6.07, 6.45) is 5.40. The van der Waals surface area contributed by atoms with Crippen LogP contribution in [-0.2, 0) is 6.54 Å². The van der Waals surface area contributed by atoms with Crippen molar-refractivity contribution in [1.29, 1.82) is 0 Å². The Morgan fingerprint density at radius 3 is 2.73 bits per heavy atom. The van der Waals surface area contributed by atoms with Crippen molar-refractivity contribution in [1.82, 2.24) is 9.47 Å². The summed E-state index contributed by atoms with van der Waals surface area (Å²) >= 11 is 0. The van der Waals surface area contributed by atoms with Crippen molar-refractivity contribution < 1.29 is 9.90 Å². The maximum atomic E-state index is 12.9. The molecule has 120 valence electrons. The van der Waals surface area contributed by atoms with E-state index in [9.17, 15) is 14.7 Å². The van der Waals surface area contributed by atoms with E-state index in [4.69, 9.17) is 0 Å². The normalized spacial score (nSPS) is 30.0. The molecule has 0 radical (unpaired) electrons. The van der Waals surface area contributed by atoms with Crippen molar-refractivity contribution in [2.45, 2.75) is 58.2 Å². The van der Waals surface area contributed by atoms with E-state index in [0.717, 1.165) is 25.7 Å². The first-order chi connectivity index (χ1) is 10.6. The third kappa shape index (κ3) is 2.10. The first kappa shape index (κ1) is 15.3. The lowest BCUT2D eigenvalue weighted by Gasteiger charge is -2.34. The molecular formula is C17H24N2O3. The lowest BCUT2D eigenvalue weighted by atomic mass is 9.72. The molecule has 1 amide bonds. The number of aliphatic hydroxyl groups is 1. The van der Waals surface area contributed by atoms with Gasteiger partial charge in [-0.3, -0.25) is 9.59 Å². The summed E-state index contributed by atoms with van der Waals surface area (Å²) in [5, 5.41) is 9.83. The van der Waals surface area contributed by atoms with E-state index >= 15 is 0 Å². The molecule has 1 N–H and O–H groups in total. The second kappa shape index (κ2) is 5.54. The minimum Gasteiger partial charge on any atom is -0.396 e. The van der Waals surface area contributed by atoms with Gasteiger partial charge in [0.15, 0.2) is 0 Å². The van der Waals surface area contributed by atoms with Gasteiger partial charge in [0.2, 0.25) is 0 Å². The maximum Gasteiger partial charge on any atom is 0.254 e. The third-order valence-corrected chi connectivity index (χ3v) is 5.69. The van der Waals surface area contributed by atoms with E-state index in [0.29, 0.717) is 12.1 Å². The van der Waals surface area contributed by atoms with Crippen LogP contribution in [0.3, 0.4) is 0 Å². The van der Waals surface area contributed by atoms with Crippen molar-refractivity contribution in [3.8, 4) is 0 Å². The number of aromatic nitrogens is 1. The lowest BCUT2D eigenvalue weighted by molar-refractivity contribution is 0.0557. The maximum absolute atomic E-state index is 12.9. The predicted molar refractivity (Wildman–Crippen MR) is 83.8 cm³/mol. The fourth-order valence-electron chi connectivity index (χ4n) is 4.31. The number of fused-ring (bicyclic) bond motifs is 2. The van der Waals surface area contributed by atoms with Gasteiger partial charge in [0.25, 0.3) is 11.5 Å². The van der Waals surface area contributed by atoms with Crippen molar-refractivity contribution in [3.63, 3.8) is 0 Å². The molecule has 3 atom stereocenters. The summed E-state index contributed by atoms with van der Waals surface area (Å²) in [5.74, 6) is -0.0587. The van der Waals surface area contributed by atoms with Crippen LogP contribution in [0.15, 0.2) is 23.1 Å². The second-order valence-electron chi connectivity index (χ2n) is 6.58. The molecular weight excluding hydrogens is 280 g/mol. The number of nitrogens with zero attached hydrogens (tertiary/aromatic N) is 2. The average molecular weight is 304 g/mol. The molecule has 2 bridgehead atoms. The number of hydrogen-bond acceptors (Lipinski definition) is 3. The molecule has 0 aromatic carbocycles. The predicted octanol–water partition coefficient (Wildman–Crippen LogP) is 1.63. The Hall–Kier alpha value is -1.62. The third-order valence-electron chi connectivity index (χ3n) is 5.69. The van der Waals surface area contributed by atoms with Gasteiger partial charge in [0.1, 0.15) is 0 Å². The van der Waals surface area contributed by atoms with Gasteiger partial charge in [-0.2, -0.15) is 0 Å². The van der Waals surface area contributed by atoms with Crippen LogP contribution < -0.4 is 5.56 Å². The number of rotatable bonds is 4. The molecule has 0 saturated carbocycles. The van der Waals surface area contributed by atoms with Gasteiger partial charge in [-0.25, -0.2) is 0 Å². The van der Waals surface area contributed by atoms with E-state index in [1.54, 1.807) is 16.8 Å². The topological polar surface area (TPSA) is 62.5 Å². The minimum atomic E-state index is -0.156. The average Bonchev–Trinajstić information content (AvgIpc) is 3.09. The Kier molecular flexibility index (Phi) is 3.85. The van der Waals surface area contributed by atoms with Gasteiger partial charge in [-0.15, -0.1) is 0 Å². The van der Waals surface area contributed by atoms with E-state index in [1.165, 1.54) is 6.07 Å². The van der Waals surface area contributed by atoms with Crippen LogP contribution in [0.4, 0.5) is 0 Å². The molecule has 2 fully saturated rings. The van der Waals surface area contributed by atoms with Gasteiger partial charge in [-0.1, -0.05) is 6.92 Å². The highest BCUT2D eigenvalue weighted by atomic mass is 16.3. The highest BCUT2D eigenvalue weighted by Gasteiger charge is 2.56. The van der Waals surface area contributed by atoms with Gasteiger partial charge in [0.05, 0.1) is 6.61 Å². The number of carbonyl (C=O) groups excluding carboxylic acids is 1. The van der Waals surface area contributed by atoms with Crippen LogP contribution in [-0.4, -0.2) is 39.2 Å². The molecule has 5 nitrogen and oxygen atoms in total. The Balaban J connectivity index is 1.90. The fraction of sp³-hybridized carbons (Fsp3) is 0.647. The van der Waals surface area contributed by atoms with E-state index in [-0.39, 0.29) is 35.6 Å². The van der Waals surface area contributed by atoms with Crippen LogP contribution >= 0.6 is 0 Å². The molecule has 5 heteroatoms. The smallest absolute Gasteiger partial charge is 0.254 e. The van der Waals surface area contributed by atoms with Gasteiger partial charge in [-0.05, 0) is 38.7 Å². The Labute approximate surface area is 130 Å². The van der Waals surface area contributed by atoms with Crippen LogP contribution in [0.25, 0.3) is 0 Å². The molecule has 1 aromatic heterocycles. The zero-order valence-electron chi connectivity index (χ0n) is 13.3. The van der Waals surface area contributed by atoms with E-state index < -0.39 is 0 Å². The molecule has 2 aliphatic rings. The SMILES string of the molecule is CCn1ccc(C(=O)N2[C@@H]3CC[C@H]2[C@@](CC)(CO)C3)cc1=O. The molecule has 2 saturated heterocycles. The zero-order valence-corrected chi connectivity index (χ0v) is 13.3. The number of hydrogen-bond donors (Lipinski definition) is 1. The van der Waals surface area contributed by atoms with Crippen LogP contribution in [0.5, 0.6) is 0 Å². The van der Waals surface area contributed by atoms with Gasteiger partial charge < -0.3 is 14.6 Å². The first-order valence-corrected chi connectivity index (χ1v) is 8.20. The van der Waals surface area contributed by atoms with Crippen molar-refractivity contribution in [2.24, 2.45) is 5.41 Å². The molecule has 3 heterocycles. The van der Waals surface area contributed by atoms with E-state index in [1.807, 2.05) is 11.8 Å². The van der Waals surface area contributed by atoms with Crippen LogP contribution in [0.2, 0.25) is 0 Å². The summed E-state index contributed by atoms with van der Waals surface area (Å²) in [5.41, 5.74) is 0.178. The van der Waals surface area contributed by atoms with Crippen LogP contribution in [0.1, 0.15) is 49.9 Å². The molecule has 3 rings (SSSR count). The van der Waals surface area contributed by atoms with Crippen molar-refractivity contribution in [3.05, 3.63) is 34.2 Å². The van der Waals surface area contributed by atoms with E-state index in [2.05, 4.69) is 6.92 Å². The second-order valence-corrected chi connectivity index (χ2v) is 6.58. The highest BCUT2D eigenvalue weighted by Crippen LogP contribution is 2.51. The Morgan fingerprint density at radius 1 is 1.41 bits per heavy atom. The molecule has 0 unspecified atom stereocenters. The number of aryl methyl sites for hydroxylation is 1. The molecule has 0 spiro atoms. The van der Waals surface area contributed by atoms with Gasteiger partial charge >= 0.3 is 0 Å². The van der Waals surface area contributed by atoms with Crippen LogP contribution in [0, 0.1) is 5.41 Å². The highest BCUT2D eigenvalue weighted by molar-refractivity contribution is 5.95. The summed E-state index contributed by atoms with van der Waals surface area (Å²) in [6, 6.07) is 3.49. The molecule has 22 heavy (non-hydrogen) atoms. The first-order valence-electron chi connectivity index (χ1n) is 8.20. The molecule has 0 aliphatic carbocycles. The number of pyridine rings is 1.